The number of hydrogen-bond acceptors (Lipinski definition) is 2. The smallest absolute Gasteiger partial charge is 0.119 e. The van der Waals surface area contributed by atoms with E-state index in [-0.39, 0.29) is 6.15 Å². The summed E-state index contributed by atoms with van der Waals surface area (Å²) >= 11 is 0. The average molecular weight is 151 g/mol. The van der Waals surface area contributed by atoms with Crippen molar-refractivity contribution in [1.29, 1.82) is 0 Å². The maximum Gasteiger partial charge on any atom is 0.119 e. The molecule has 0 saturated heterocycles. The summed E-state index contributed by atoms with van der Waals surface area (Å²) in [7, 11) is 0. The van der Waals surface area contributed by atoms with Crippen molar-refractivity contribution < 1.29 is 4.74 Å². The van der Waals surface area contributed by atoms with Crippen LogP contribution in [0.5, 0.6) is 5.75 Å². The predicted octanol–water partition coefficient (Wildman–Crippen LogP) is 2.15. The Morgan fingerprint density at radius 2 is 2.18 bits per heavy atom. The fourth-order valence-electron chi connectivity index (χ4n) is 1.13. The molecular weight excluding hydrogens is 138 g/mol. The minimum absolute atomic E-state index is 0. The average Bonchev–Trinajstić information content (AvgIpc) is 2.66. The monoisotopic (exact) mass is 151 g/mol. The highest BCUT2D eigenvalue weighted by Crippen LogP contribution is 2.30. The first-order valence-corrected chi connectivity index (χ1v) is 3.65. The number of benzene rings is 1. The van der Waals surface area contributed by atoms with Gasteiger partial charge in [0.15, 0.2) is 0 Å². The number of fused-ring (bicyclic) bond motifs is 1. The Labute approximate surface area is 66.8 Å². The summed E-state index contributed by atoms with van der Waals surface area (Å²) in [6.45, 7) is 2.77. The lowest BCUT2D eigenvalue weighted by Gasteiger charge is -1.99. The second-order valence-corrected chi connectivity index (χ2v) is 2.54. The zero-order valence-corrected chi connectivity index (χ0v) is 6.76. The van der Waals surface area contributed by atoms with Gasteiger partial charge in [0.2, 0.25) is 0 Å². The molecule has 0 amide bonds. The van der Waals surface area contributed by atoms with Gasteiger partial charge in [-0.1, -0.05) is 6.07 Å². The van der Waals surface area contributed by atoms with E-state index < -0.39 is 0 Å². The fraction of sp³-hybridized carbons (Fsp3) is 0.333. The summed E-state index contributed by atoms with van der Waals surface area (Å²) in [6, 6.07) is 6.30. The van der Waals surface area contributed by atoms with Crippen molar-refractivity contribution in [3.05, 3.63) is 29.3 Å². The van der Waals surface area contributed by atoms with Crippen LogP contribution in [-0.4, -0.2) is 6.61 Å². The molecule has 0 aliphatic heterocycles. The zero-order chi connectivity index (χ0) is 6.97. The molecule has 2 rings (SSSR count). The van der Waals surface area contributed by atoms with Gasteiger partial charge < -0.3 is 10.9 Å². The zero-order valence-electron chi connectivity index (χ0n) is 6.76. The van der Waals surface area contributed by atoms with E-state index in [2.05, 4.69) is 12.1 Å². The first-order valence-electron chi connectivity index (χ1n) is 3.65. The van der Waals surface area contributed by atoms with Crippen molar-refractivity contribution in [3.8, 4) is 5.75 Å². The van der Waals surface area contributed by atoms with Crippen LogP contribution in [0.3, 0.4) is 0 Å². The van der Waals surface area contributed by atoms with Crippen LogP contribution in [0.25, 0.3) is 0 Å². The molecule has 0 atom stereocenters. The summed E-state index contributed by atoms with van der Waals surface area (Å²) in [5.74, 6) is 1.01. The van der Waals surface area contributed by atoms with Crippen molar-refractivity contribution in [3.63, 3.8) is 0 Å². The van der Waals surface area contributed by atoms with E-state index >= 15 is 0 Å². The Kier molecular flexibility index (Phi) is 2.15. The van der Waals surface area contributed by atoms with Gasteiger partial charge in [0.25, 0.3) is 0 Å². The van der Waals surface area contributed by atoms with Crippen LogP contribution in [0, 0.1) is 0 Å². The lowest BCUT2D eigenvalue weighted by molar-refractivity contribution is 0.340. The predicted molar refractivity (Wildman–Crippen MR) is 45.4 cm³/mol. The molecule has 3 N–H and O–H groups in total. The maximum absolute atomic E-state index is 5.32. The molecule has 1 aromatic carbocycles. The second-order valence-electron chi connectivity index (χ2n) is 2.54. The molecule has 2 nitrogen and oxygen atoms in total. The minimum Gasteiger partial charge on any atom is -0.494 e. The quantitative estimate of drug-likeness (QED) is 0.714. The molecule has 2 heteroatoms. The molecule has 60 valence electrons. The Bertz CT molecular complexity index is 258. The Morgan fingerprint density at radius 1 is 1.36 bits per heavy atom. The molecule has 1 aliphatic rings. The van der Waals surface area contributed by atoms with Gasteiger partial charge in [0.1, 0.15) is 5.75 Å². The Morgan fingerprint density at radius 3 is 2.82 bits per heavy atom. The van der Waals surface area contributed by atoms with Gasteiger partial charge in [-0.3, -0.25) is 0 Å². The molecule has 0 saturated carbocycles. The van der Waals surface area contributed by atoms with E-state index in [1.54, 1.807) is 0 Å². The van der Waals surface area contributed by atoms with Crippen LogP contribution >= 0.6 is 0 Å². The molecule has 1 aromatic rings. The molecule has 0 radical (unpaired) electrons. The maximum atomic E-state index is 5.32. The SMILES string of the molecule is CCOc1ccc2c(c1)C2.N. The van der Waals surface area contributed by atoms with Gasteiger partial charge in [0, 0.05) is 0 Å². The highest BCUT2D eigenvalue weighted by atomic mass is 16.5. The highest BCUT2D eigenvalue weighted by Gasteiger charge is 2.15. The summed E-state index contributed by atoms with van der Waals surface area (Å²) in [4.78, 5) is 0. The van der Waals surface area contributed by atoms with Gasteiger partial charge in [-0.15, -0.1) is 0 Å². The normalized spacial score (nSPS) is 11.4. The van der Waals surface area contributed by atoms with Gasteiger partial charge >= 0.3 is 0 Å². The largest absolute Gasteiger partial charge is 0.494 e. The molecule has 0 spiro atoms. The van der Waals surface area contributed by atoms with Gasteiger partial charge in [-0.2, -0.15) is 0 Å². The third kappa shape index (κ3) is 1.52. The molecule has 11 heavy (non-hydrogen) atoms. The van der Waals surface area contributed by atoms with E-state index in [0.29, 0.717) is 0 Å². The minimum atomic E-state index is 0. The number of rotatable bonds is 2. The summed E-state index contributed by atoms with van der Waals surface area (Å²) < 4.78 is 5.32. The third-order valence-corrected chi connectivity index (χ3v) is 1.74. The molecule has 0 fully saturated rings. The Balaban J connectivity index is 0.000000605. The highest BCUT2D eigenvalue weighted by molar-refractivity contribution is 5.49. The number of ether oxygens (including phenoxy) is 1. The molecule has 0 unspecified atom stereocenters. The second kappa shape index (κ2) is 2.93. The summed E-state index contributed by atoms with van der Waals surface area (Å²) in [5, 5.41) is 0. The van der Waals surface area contributed by atoms with Gasteiger partial charge in [-0.25, -0.2) is 0 Å². The van der Waals surface area contributed by atoms with Crippen LogP contribution in [0.1, 0.15) is 18.1 Å². The van der Waals surface area contributed by atoms with Crippen molar-refractivity contribution in [2.24, 2.45) is 0 Å². The Hall–Kier alpha value is -1.02. The molecule has 0 heterocycles. The topological polar surface area (TPSA) is 44.2 Å². The van der Waals surface area contributed by atoms with Crippen molar-refractivity contribution in [2.45, 2.75) is 13.3 Å². The molecule has 1 aliphatic carbocycles. The molecular formula is C9H13NO. The van der Waals surface area contributed by atoms with Gasteiger partial charge in [-0.05, 0) is 36.6 Å². The first-order chi connectivity index (χ1) is 4.90. The van der Waals surface area contributed by atoms with Crippen molar-refractivity contribution in [2.75, 3.05) is 6.61 Å². The van der Waals surface area contributed by atoms with E-state index in [9.17, 15) is 0 Å². The third-order valence-electron chi connectivity index (χ3n) is 1.74. The van der Waals surface area contributed by atoms with Crippen LogP contribution in [0.4, 0.5) is 0 Å². The van der Waals surface area contributed by atoms with Crippen molar-refractivity contribution in [1.82, 2.24) is 6.15 Å². The summed E-state index contributed by atoms with van der Waals surface area (Å²) in [5.41, 5.74) is 2.93. The molecule has 0 bridgehead atoms. The van der Waals surface area contributed by atoms with Crippen LogP contribution in [-0.2, 0) is 6.42 Å². The number of hydrogen-bond donors (Lipinski definition) is 1. The standard InChI is InChI=1S/C9H10O.H3N/c1-2-10-9-4-3-7-5-8(7)6-9;/h3-4,6H,2,5H2,1H3;1H3. The van der Waals surface area contributed by atoms with E-state index in [1.807, 2.05) is 13.0 Å². The summed E-state index contributed by atoms with van der Waals surface area (Å²) in [6.07, 6.45) is 1.17. The molecule has 0 aromatic heterocycles. The van der Waals surface area contributed by atoms with E-state index in [0.717, 1.165) is 12.4 Å². The fourth-order valence-corrected chi connectivity index (χ4v) is 1.13. The van der Waals surface area contributed by atoms with Crippen LogP contribution in [0.15, 0.2) is 18.2 Å². The first kappa shape index (κ1) is 8.08. The lowest BCUT2D eigenvalue weighted by Crippen LogP contribution is -1.89. The van der Waals surface area contributed by atoms with Gasteiger partial charge in [0.05, 0.1) is 6.61 Å². The van der Waals surface area contributed by atoms with E-state index in [1.165, 1.54) is 17.5 Å². The van der Waals surface area contributed by atoms with Crippen molar-refractivity contribution >= 4 is 0 Å². The lowest BCUT2D eigenvalue weighted by atomic mass is 10.3. The van der Waals surface area contributed by atoms with Crippen LogP contribution in [0.2, 0.25) is 0 Å². The van der Waals surface area contributed by atoms with Crippen LogP contribution < -0.4 is 10.9 Å². The van der Waals surface area contributed by atoms with E-state index in [4.69, 9.17) is 4.74 Å².